The van der Waals surface area contributed by atoms with Crippen molar-refractivity contribution in [3.8, 4) is 5.75 Å². The van der Waals surface area contributed by atoms with Crippen LogP contribution in [0, 0.1) is 5.92 Å². The maximum atomic E-state index is 15.4. The van der Waals surface area contributed by atoms with E-state index in [0.29, 0.717) is 30.1 Å². The van der Waals surface area contributed by atoms with Gasteiger partial charge in [0.15, 0.2) is 5.60 Å². The van der Waals surface area contributed by atoms with Gasteiger partial charge in [0.05, 0.1) is 46.5 Å². The number of anilines is 2. The van der Waals surface area contributed by atoms with Crippen molar-refractivity contribution < 1.29 is 29.0 Å². The van der Waals surface area contributed by atoms with Crippen LogP contribution < -0.4 is 19.7 Å². The van der Waals surface area contributed by atoms with Crippen LogP contribution in [0.2, 0.25) is 23.7 Å². The Balaban J connectivity index is 1.26. The predicted octanol–water partition coefficient (Wildman–Crippen LogP) is 7.82. The van der Waals surface area contributed by atoms with Crippen LogP contribution in [-0.4, -0.2) is 68.7 Å². The zero-order chi connectivity index (χ0) is 40.3. The standard InChI is InChI=1S/C46H54ClN3O6Si/c1-32-44(57(3,4)38-21-19-37(55-2)20-22-38)41(29-43(53)48(25-26-51)30-33-13-8-7-9-14-33)56-46(32)39-28-35(47)18-23-40(39)50(45(46)54)31-34-15-12-16-36(27-34)49-24-11-6-5-10-17-42(49)52/h7-9,12-16,18-23,27-28,32,41,44,51H,5-6,10-11,17,24-26,29-31H2,1-4H3/t32-,41+,44-,46+/m0/s1. The number of halogens is 1. The number of aliphatic hydroxyl groups excluding tert-OH is 1. The van der Waals surface area contributed by atoms with E-state index in [1.807, 2.05) is 83.8 Å². The van der Waals surface area contributed by atoms with Gasteiger partial charge in [-0.25, -0.2) is 0 Å². The number of hydrogen-bond acceptors (Lipinski definition) is 6. The Labute approximate surface area is 342 Å². The molecule has 4 atom stereocenters. The number of ether oxygens (including phenoxy) is 2. The third kappa shape index (κ3) is 8.02. The number of hydrogen-bond donors (Lipinski definition) is 1. The summed E-state index contributed by atoms with van der Waals surface area (Å²) in [5, 5.41) is 11.7. The van der Waals surface area contributed by atoms with E-state index in [1.165, 1.54) is 5.19 Å². The third-order valence-electron chi connectivity index (χ3n) is 12.5. The summed E-state index contributed by atoms with van der Waals surface area (Å²) in [6, 6.07) is 31.4. The first kappa shape index (κ1) is 40.7. The average molecular weight is 808 g/mol. The number of carbonyl (C=O) groups excluding carboxylic acids is 3. The van der Waals surface area contributed by atoms with Gasteiger partial charge in [0.1, 0.15) is 5.75 Å². The lowest BCUT2D eigenvalue weighted by Gasteiger charge is -2.37. The first-order valence-electron chi connectivity index (χ1n) is 20.2. The smallest absolute Gasteiger partial charge is 0.264 e. The van der Waals surface area contributed by atoms with Crippen molar-refractivity contribution in [1.29, 1.82) is 0 Å². The zero-order valence-electron chi connectivity index (χ0n) is 33.5. The Kier molecular flexibility index (Phi) is 12.3. The molecule has 9 nitrogen and oxygen atoms in total. The minimum atomic E-state index is -2.54. The molecule has 0 radical (unpaired) electrons. The van der Waals surface area contributed by atoms with Gasteiger partial charge in [-0.05, 0) is 72.0 Å². The van der Waals surface area contributed by atoms with E-state index in [0.717, 1.165) is 53.9 Å². The lowest BCUT2D eigenvalue weighted by molar-refractivity contribution is -0.150. The van der Waals surface area contributed by atoms with Gasteiger partial charge in [0.2, 0.25) is 11.8 Å². The van der Waals surface area contributed by atoms with Gasteiger partial charge in [-0.15, -0.1) is 0 Å². The molecule has 3 aliphatic heterocycles. The monoisotopic (exact) mass is 807 g/mol. The number of benzene rings is 4. The highest BCUT2D eigenvalue weighted by Crippen LogP contribution is 2.60. The highest BCUT2D eigenvalue weighted by Gasteiger charge is 2.66. The predicted molar refractivity (Wildman–Crippen MR) is 228 cm³/mol. The molecule has 300 valence electrons. The van der Waals surface area contributed by atoms with E-state index in [1.54, 1.807) is 23.0 Å². The van der Waals surface area contributed by atoms with Crippen molar-refractivity contribution in [2.24, 2.45) is 5.92 Å². The molecule has 3 aliphatic rings. The number of nitrogens with zero attached hydrogens (tertiary/aromatic N) is 3. The van der Waals surface area contributed by atoms with Gasteiger partial charge in [0.25, 0.3) is 5.91 Å². The van der Waals surface area contributed by atoms with Gasteiger partial charge < -0.3 is 29.3 Å². The van der Waals surface area contributed by atoms with E-state index >= 15 is 4.79 Å². The Bertz CT molecular complexity index is 2080. The maximum Gasteiger partial charge on any atom is 0.264 e. The third-order valence-corrected chi connectivity index (χ3v) is 17.1. The quantitative estimate of drug-likeness (QED) is 0.147. The van der Waals surface area contributed by atoms with Crippen molar-refractivity contribution in [2.75, 3.05) is 36.6 Å². The van der Waals surface area contributed by atoms with E-state index in [9.17, 15) is 14.7 Å². The molecule has 57 heavy (non-hydrogen) atoms. The molecular formula is C46H54ClN3O6Si. The van der Waals surface area contributed by atoms with E-state index in [-0.39, 0.29) is 55.3 Å². The molecule has 0 aliphatic carbocycles. The lowest BCUT2D eigenvalue weighted by atomic mass is 9.82. The largest absolute Gasteiger partial charge is 0.497 e. The summed E-state index contributed by atoms with van der Waals surface area (Å²) in [5.74, 6) is 0.229. The minimum Gasteiger partial charge on any atom is -0.497 e. The van der Waals surface area contributed by atoms with Crippen LogP contribution >= 0.6 is 11.6 Å². The molecule has 2 saturated heterocycles. The van der Waals surface area contributed by atoms with Crippen molar-refractivity contribution in [1.82, 2.24) is 4.90 Å². The molecular weight excluding hydrogens is 754 g/mol. The van der Waals surface area contributed by atoms with E-state index < -0.39 is 19.8 Å². The van der Waals surface area contributed by atoms with Gasteiger partial charge in [-0.1, -0.05) is 104 Å². The number of rotatable bonds is 12. The van der Waals surface area contributed by atoms with Crippen molar-refractivity contribution in [2.45, 2.75) is 88.9 Å². The fourth-order valence-corrected chi connectivity index (χ4v) is 13.8. The SMILES string of the molecule is COc1ccc([Si](C)(C)[C@@H]2[C@@H](CC(=O)N(CCO)Cc3ccccc3)O[C@]3(C(=O)N(Cc4cccc(N5CCCCCCC5=O)c4)c4ccc(Cl)cc43)[C@H]2C)cc1. The minimum absolute atomic E-state index is 0.0469. The van der Waals surface area contributed by atoms with Crippen LogP contribution in [0.5, 0.6) is 5.75 Å². The fraction of sp³-hybridized carbons (Fsp3) is 0.413. The second-order valence-electron chi connectivity index (χ2n) is 16.3. The highest BCUT2D eigenvalue weighted by molar-refractivity contribution is 6.91. The van der Waals surface area contributed by atoms with E-state index in [4.69, 9.17) is 21.1 Å². The van der Waals surface area contributed by atoms with Crippen LogP contribution in [-0.2, 0) is 37.8 Å². The topological polar surface area (TPSA) is 99.6 Å². The first-order chi connectivity index (χ1) is 27.5. The maximum absolute atomic E-state index is 15.4. The van der Waals surface area contributed by atoms with Crippen LogP contribution in [0.25, 0.3) is 0 Å². The Hall–Kier alpha value is -4.48. The number of amides is 3. The molecule has 0 saturated carbocycles. The average Bonchev–Trinajstić information content (AvgIpc) is 3.62. The van der Waals surface area contributed by atoms with Crippen molar-refractivity contribution in [3.05, 3.63) is 119 Å². The molecule has 7 rings (SSSR count). The molecule has 3 amide bonds. The lowest BCUT2D eigenvalue weighted by Crippen LogP contribution is -2.52. The highest BCUT2D eigenvalue weighted by atomic mass is 35.5. The summed E-state index contributed by atoms with van der Waals surface area (Å²) in [5.41, 5.74) is 2.58. The van der Waals surface area contributed by atoms with Crippen LogP contribution in [0.15, 0.2) is 97.1 Å². The second kappa shape index (κ2) is 17.2. The van der Waals surface area contributed by atoms with E-state index in [2.05, 4.69) is 32.2 Å². The van der Waals surface area contributed by atoms with Gasteiger partial charge in [0, 0.05) is 48.2 Å². The zero-order valence-corrected chi connectivity index (χ0v) is 35.2. The van der Waals surface area contributed by atoms with Crippen molar-refractivity contribution >= 4 is 54.0 Å². The summed E-state index contributed by atoms with van der Waals surface area (Å²) < 4.78 is 12.8. The number of aliphatic hydroxyl groups is 1. The number of methoxy groups -OCH3 is 1. The van der Waals surface area contributed by atoms with Gasteiger partial charge >= 0.3 is 0 Å². The molecule has 0 unspecified atom stereocenters. The molecule has 3 heterocycles. The van der Waals surface area contributed by atoms with Gasteiger partial charge in [-0.2, -0.15) is 0 Å². The molecule has 1 spiro atoms. The summed E-state index contributed by atoms with van der Waals surface area (Å²) in [4.78, 5) is 48.4. The summed E-state index contributed by atoms with van der Waals surface area (Å²) >= 11 is 6.75. The van der Waals surface area contributed by atoms with Crippen LogP contribution in [0.3, 0.4) is 0 Å². The summed E-state index contributed by atoms with van der Waals surface area (Å²) in [6.45, 7) is 7.99. The normalized spacial score (nSPS) is 22.4. The molecule has 2 fully saturated rings. The summed E-state index contributed by atoms with van der Waals surface area (Å²) in [7, 11) is -0.891. The molecule has 4 aromatic rings. The number of fused-ring (bicyclic) bond motifs is 2. The molecule has 0 aromatic heterocycles. The fourth-order valence-electron chi connectivity index (χ4n) is 9.60. The van der Waals surface area contributed by atoms with Crippen LogP contribution in [0.1, 0.15) is 62.1 Å². The van der Waals surface area contributed by atoms with Gasteiger partial charge in [-0.3, -0.25) is 14.4 Å². The van der Waals surface area contributed by atoms with Crippen LogP contribution in [0.4, 0.5) is 11.4 Å². The molecule has 1 N–H and O–H groups in total. The summed E-state index contributed by atoms with van der Waals surface area (Å²) in [6.07, 6.45) is 4.00. The second-order valence-corrected chi connectivity index (χ2v) is 21.4. The Morgan fingerprint density at radius 3 is 2.42 bits per heavy atom. The molecule has 0 bridgehead atoms. The molecule has 4 aromatic carbocycles. The number of carbonyl (C=O) groups is 3. The Morgan fingerprint density at radius 1 is 0.947 bits per heavy atom. The first-order valence-corrected chi connectivity index (χ1v) is 23.7. The Morgan fingerprint density at radius 2 is 1.68 bits per heavy atom. The molecule has 11 heteroatoms. The van der Waals surface area contributed by atoms with Crippen molar-refractivity contribution in [3.63, 3.8) is 0 Å².